The van der Waals surface area contributed by atoms with E-state index in [0.29, 0.717) is 18.3 Å². The molecule has 3 N–H and O–H groups in total. The van der Waals surface area contributed by atoms with Gasteiger partial charge in [-0.2, -0.15) is 5.06 Å². The molecule has 1 saturated heterocycles. The molecule has 0 amide bonds. The van der Waals surface area contributed by atoms with Crippen LogP contribution in [0.2, 0.25) is 0 Å². The average Bonchev–Trinajstić information content (AvgIpc) is 2.75. The van der Waals surface area contributed by atoms with E-state index < -0.39 is 30.6 Å². The number of aryl methyl sites for hydroxylation is 1. The molecule has 2 rings (SSSR count). The molecule has 1 heterocycles. The first kappa shape index (κ1) is 25.6. The molecule has 5 atom stereocenters. The first-order valence-corrected chi connectivity index (χ1v) is 11.5. The minimum atomic E-state index is -1.27. The third kappa shape index (κ3) is 6.93. The molecule has 1 unspecified atom stereocenters. The first-order chi connectivity index (χ1) is 14.4. The number of hydroxylamine groups is 2. The second-order valence-corrected chi connectivity index (χ2v) is 8.27. The number of benzene rings is 1. The monoisotopic (exact) mass is 464 g/mol. The van der Waals surface area contributed by atoms with Crippen LogP contribution in [-0.4, -0.2) is 89.5 Å². The first-order valence-electron chi connectivity index (χ1n) is 10.4. The molecule has 1 aliphatic heterocycles. The number of hydrogen-bond donors (Lipinski definition) is 3. The van der Waals surface area contributed by atoms with Crippen molar-refractivity contribution in [2.75, 3.05) is 43.4 Å². The third-order valence-electron chi connectivity index (χ3n) is 5.45. The second kappa shape index (κ2) is 13.0. The Morgan fingerprint density at radius 2 is 1.57 bits per heavy atom. The van der Waals surface area contributed by atoms with Crippen LogP contribution in [0, 0.1) is 0 Å². The molecular formula is C21H34Cl2N2O5. The Hall–Kier alpha value is -0.640. The van der Waals surface area contributed by atoms with Gasteiger partial charge in [-0.15, -0.1) is 23.2 Å². The van der Waals surface area contributed by atoms with Gasteiger partial charge < -0.3 is 25.0 Å². The number of alkyl halides is 2. The number of aliphatic hydroxyl groups excluding tert-OH is 3. The van der Waals surface area contributed by atoms with E-state index in [4.69, 9.17) is 32.8 Å². The summed E-state index contributed by atoms with van der Waals surface area (Å²) in [6.07, 6.45) is -2.40. The molecule has 172 valence electrons. The highest BCUT2D eigenvalue weighted by molar-refractivity contribution is 6.18. The Balaban J connectivity index is 1.82. The fourth-order valence-electron chi connectivity index (χ4n) is 3.63. The molecule has 0 saturated carbocycles. The van der Waals surface area contributed by atoms with Gasteiger partial charge in [-0.25, -0.2) is 0 Å². The van der Waals surface area contributed by atoms with Crippen molar-refractivity contribution < 1.29 is 24.9 Å². The van der Waals surface area contributed by atoms with E-state index in [1.807, 2.05) is 0 Å². The summed E-state index contributed by atoms with van der Waals surface area (Å²) in [5.41, 5.74) is 2.35. The SMILES string of the molecule is CON(CCCCc1ccc(N(CCCl)CCCl)cc1)C1O[C@@H](C)[C@@H](O)[C@@H](O)[C@@H]1O. The van der Waals surface area contributed by atoms with Gasteiger partial charge in [0.1, 0.15) is 18.3 Å². The van der Waals surface area contributed by atoms with Crippen molar-refractivity contribution in [3.05, 3.63) is 29.8 Å². The standard InChI is InChI=1S/C21H34Cl2N2O5/c1-15-18(26)19(27)20(28)21(30-15)25(29-2)12-4-3-5-16-6-8-17(9-7-16)24(13-10-22)14-11-23/h6-9,15,18-21,26-28H,3-5,10-14H2,1-2H3/t15-,18+,19+,20-,21?/m0/s1. The number of rotatable bonds is 12. The van der Waals surface area contributed by atoms with E-state index in [-0.39, 0.29) is 0 Å². The van der Waals surface area contributed by atoms with Gasteiger partial charge in [-0.1, -0.05) is 12.1 Å². The lowest BCUT2D eigenvalue weighted by Gasteiger charge is -2.43. The van der Waals surface area contributed by atoms with Gasteiger partial charge >= 0.3 is 0 Å². The number of ether oxygens (including phenoxy) is 1. The van der Waals surface area contributed by atoms with E-state index in [2.05, 4.69) is 29.2 Å². The maximum atomic E-state index is 10.2. The van der Waals surface area contributed by atoms with Gasteiger partial charge in [0.25, 0.3) is 0 Å². The summed E-state index contributed by atoms with van der Waals surface area (Å²) >= 11 is 11.7. The molecule has 0 spiro atoms. The van der Waals surface area contributed by atoms with Crippen molar-refractivity contribution in [2.45, 2.75) is 56.8 Å². The molecule has 0 aliphatic carbocycles. The minimum Gasteiger partial charge on any atom is -0.388 e. The van der Waals surface area contributed by atoms with Crippen molar-refractivity contribution in [3.8, 4) is 0 Å². The largest absolute Gasteiger partial charge is 0.388 e. The highest BCUT2D eigenvalue weighted by atomic mass is 35.5. The van der Waals surface area contributed by atoms with Gasteiger partial charge in [0.15, 0.2) is 6.23 Å². The summed E-state index contributed by atoms with van der Waals surface area (Å²) in [5, 5.41) is 31.6. The number of aliphatic hydroxyl groups is 3. The molecule has 7 nitrogen and oxygen atoms in total. The molecule has 0 aromatic heterocycles. The summed E-state index contributed by atoms with van der Waals surface area (Å²) in [6, 6.07) is 8.42. The molecule has 1 fully saturated rings. The Morgan fingerprint density at radius 1 is 0.933 bits per heavy atom. The van der Waals surface area contributed by atoms with E-state index in [0.717, 1.165) is 38.0 Å². The second-order valence-electron chi connectivity index (χ2n) is 7.52. The fraction of sp³-hybridized carbons (Fsp3) is 0.714. The smallest absolute Gasteiger partial charge is 0.161 e. The summed E-state index contributed by atoms with van der Waals surface area (Å²) < 4.78 is 5.64. The number of hydrogen-bond acceptors (Lipinski definition) is 7. The van der Waals surface area contributed by atoms with Crippen LogP contribution in [0.5, 0.6) is 0 Å². The summed E-state index contributed by atoms with van der Waals surface area (Å²) in [7, 11) is 1.50. The van der Waals surface area contributed by atoms with Gasteiger partial charge in [0.2, 0.25) is 0 Å². The highest BCUT2D eigenvalue weighted by Gasteiger charge is 2.44. The van der Waals surface area contributed by atoms with E-state index in [9.17, 15) is 15.3 Å². The molecule has 0 bridgehead atoms. The Kier molecular flexibility index (Phi) is 11.1. The Morgan fingerprint density at radius 3 is 2.13 bits per heavy atom. The lowest BCUT2D eigenvalue weighted by Crippen LogP contribution is -2.61. The van der Waals surface area contributed by atoms with Crippen molar-refractivity contribution in [2.24, 2.45) is 0 Å². The van der Waals surface area contributed by atoms with Crippen molar-refractivity contribution in [1.29, 1.82) is 0 Å². The van der Waals surface area contributed by atoms with Gasteiger partial charge in [0, 0.05) is 37.1 Å². The van der Waals surface area contributed by atoms with Gasteiger partial charge in [0.05, 0.1) is 13.2 Å². The lowest BCUT2D eigenvalue weighted by atomic mass is 9.99. The maximum absolute atomic E-state index is 10.2. The number of anilines is 1. The van der Waals surface area contributed by atoms with Gasteiger partial charge in [-0.05, 0) is 43.9 Å². The molecule has 30 heavy (non-hydrogen) atoms. The van der Waals surface area contributed by atoms with Gasteiger partial charge in [-0.3, -0.25) is 4.84 Å². The predicted octanol–water partition coefficient (Wildman–Crippen LogP) is 1.98. The van der Waals surface area contributed by atoms with Crippen molar-refractivity contribution >= 4 is 28.9 Å². The van der Waals surface area contributed by atoms with E-state index in [1.165, 1.54) is 17.7 Å². The molecule has 1 aliphatic rings. The zero-order valence-electron chi connectivity index (χ0n) is 17.7. The van der Waals surface area contributed by atoms with E-state index >= 15 is 0 Å². The van der Waals surface area contributed by atoms with Crippen molar-refractivity contribution in [1.82, 2.24) is 5.06 Å². The lowest BCUT2D eigenvalue weighted by molar-refractivity contribution is -0.322. The summed E-state index contributed by atoms with van der Waals surface area (Å²) in [4.78, 5) is 7.53. The number of halogens is 2. The zero-order chi connectivity index (χ0) is 22.1. The average molecular weight is 465 g/mol. The zero-order valence-corrected chi connectivity index (χ0v) is 19.2. The Labute approximate surface area is 189 Å². The maximum Gasteiger partial charge on any atom is 0.161 e. The van der Waals surface area contributed by atoms with Crippen molar-refractivity contribution in [3.63, 3.8) is 0 Å². The fourth-order valence-corrected chi connectivity index (χ4v) is 4.04. The molecule has 9 heteroatoms. The molecule has 0 radical (unpaired) electrons. The van der Waals surface area contributed by atoms with Crippen LogP contribution in [0.1, 0.15) is 25.3 Å². The van der Waals surface area contributed by atoms with Crippen LogP contribution in [0.15, 0.2) is 24.3 Å². The van der Waals surface area contributed by atoms with E-state index in [1.54, 1.807) is 6.92 Å². The number of unbranched alkanes of at least 4 members (excludes halogenated alkanes) is 1. The Bertz CT molecular complexity index is 604. The molecule has 1 aromatic carbocycles. The molecule has 1 aromatic rings. The topological polar surface area (TPSA) is 85.6 Å². The van der Waals surface area contributed by atoms with Crippen LogP contribution >= 0.6 is 23.2 Å². The predicted molar refractivity (Wildman–Crippen MR) is 119 cm³/mol. The summed E-state index contributed by atoms with van der Waals surface area (Å²) in [6.45, 7) is 3.72. The summed E-state index contributed by atoms with van der Waals surface area (Å²) in [5.74, 6) is 1.12. The van der Waals surface area contributed by atoms with Crippen LogP contribution in [0.25, 0.3) is 0 Å². The third-order valence-corrected chi connectivity index (χ3v) is 5.79. The minimum absolute atomic E-state index is 0.533. The van der Waals surface area contributed by atoms with Crippen LogP contribution in [-0.2, 0) is 16.0 Å². The highest BCUT2D eigenvalue weighted by Crippen LogP contribution is 2.24. The normalized spacial score (nSPS) is 26.9. The molecular weight excluding hydrogens is 431 g/mol. The van der Waals surface area contributed by atoms with Crippen LogP contribution < -0.4 is 4.90 Å². The van der Waals surface area contributed by atoms with Crippen LogP contribution in [0.3, 0.4) is 0 Å². The quantitative estimate of drug-likeness (QED) is 0.247. The van der Waals surface area contributed by atoms with Crippen LogP contribution in [0.4, 0.5) is 5.69 Å². The number of nitrogens with zero attached hydrogens (tertiary/aromatic N) is 2.